The van der Waals surface area contributed by atoms with E-state index in [0.29, 0.717) is 17.0 Å². The Hall–Kier alpha value is -4.06. The molecule has 0 radical (unpaired) electrons. The van der Waals surface area contributed by atoms with Gasteiger partial charge in [-0.25, -0.2) is 0 Å². The standard InChI is InChI=1S/C27H26N2O4/c1-17-16-21(33-4)14-15-22(17)25(30)23-24(18-10-12-19(13-11-18)28(2)3)29(27(32)26(23)31)20-8-6-5-7-9-20/h5-16,24,30H,1-4H3/b25-23-. The Balaban J connectivity index is 1.93. The molecule has 1 atom stereocenters. The van der Waals surface area contributed by atoms with Crippen LogP contribution in [0.2, 0.25) is 0 Å². The SMILES string of the molecule is COc1ccc(/C(O)=C2/C(=O)C(=O)N(c3ccccc3)C2c2ccc(N(C)C)cc2)c(C)c1. The van der Waals surface area contributed by atoms with Gasteiger partial charge in [-0.3, -0.25) is 14.5 Å². The van der Waals surface area contributed by atoms with Gasteiger partial charge < -0.3 is 14.7 Å². The number of carbonyl (C=O) groups is 2. The number of methoxy groups -OCH3 is 1. The van der Waals surface area contributed by atoms with E-state index in [1.54, 1.807) is 37.4 Å². The molecule has 1 saturated heterocycles. The van der Waals surface area contributed by atoms with Crippen molar-refractivity contribution in [2.24, 2.45) is 0 Å². The predicted octanol–water partition coefficient (Wildman–Crippen LogP) is 4.70. The molecule has 0 saturated carbocycles. The van der Waals surface area contributed by atoms with Gasteiger partial charge in [0.25, 0.3) is 11.7 Å². The maximum absolute atomic E-state index is 13.3. The molecule has 6 heteroatoms. The normalized spacial score (nSPS) is 17.3. The van der Waals surface area contributed by atoms with Crippen LogP contribution in [0.15, 0.2) is 78.4 Å². The fraction of sp³-hybridized carbons (Fsp3) is 0.185. The number of hydrogen-bond acceptors (Lipinski definition) is 5. The molecule has 1 aliphatic heterocycles. The second kappa shape index (κ2) is 8.82. The quantitative estimate of drug-likeness (QED) is 0.353. The van der Waals surface area contributed by atoms with Crippen molar-refractivity contribution in [2.75, 3.05) is 31.0 Å². The Morgan fingerprint density at radius 2 is 1.64 bits per heavy atom. The zero-order valence-corrected chi connectivity index (χ0v) is 19.1. The van der Waals surface area contributed by atoms with Crippen LogP contribution in [0.5, 0.6) is 5.75 Å². The summed E-state index contributed by atoms with van der Waals surface area (Å²) in [6.45, 7) is 1.83. The van der Waals surface area contributed by atoms with Crippen LogP contribution in [0, 0.1) is 6.92 Å². The van der Waals surface area contributed by atoms with Crippen LogP contribution >= 0.6 is 0 Å². The Morgan fingerprint density at radius 1 is 0.970 bits per heavy atom. The van der Waals surface area contributed by atoms with Crippen LogP contribution in [-0.4, -0.2) is 38.0 Å². The lowest BCUT2D eigenvalue weighted by atomic mass is 9.93. The molecule has 0 spiro atoms. The lowest BCUT2D eigenvalue weighted by Crippen LogP contribution is -2.29. The number of para-hydroxylation sites is 1. The fourth-order valence-electron chi connectivity index (χ4n) is 4.13. The number of carbonyl (C=O) groups excluding carboxylic acids is 2. The first kappa shape index (κ1) is 22.1. The zero-order chi connectivity index (χ0) is 23.7. The van der Waals surface area contributed by atoms with Gasteiger partial charge >= 0.3 is 0 Å². The summed E-state index contributed by atoms with van der Waals surface area (Å²) in [4.78, 5) is 29.9. The maximum Gasteiger partial charge on any atom is 0.300 e. The molecule has 1 aliphatic rings. The average molecular weight is 443 g/mol. The van der Waals surface area contributed by atoms with Crippen molar-refractivity contribution in [1.29, 1.82) is 0 Å². The lowest BCUT2D eigenvalue weighted by molar-refractivity contribution is -0.132. The average Bonchev–Trinajstić information content (AvgIpc) is 3.09. The van der Waals surface area contributed by atoms with Crippen molar-refractivity contribution in [3.8, 4) is 5.75 Å². The summed E-state index contributed by atoms with van der Waals surface area (Å²) >= 11 is 0. The van der Waals surface area contributed by atoms with E-state index in [1.165, 1.54) is 4.90 Å². The molecular weight excluding hydrogens is 416 g/mol. The highest BCUT2D eigenvalue weighted by atomic mass is 16.5. The van der Waals surface area contributed by atoms with Crippen molar-refractivity contribution in [1.82, 2.24) is 0 Å². The third-order valence-corrected chi connectivity index (χ3v) is 5.89. The van der Waals surface area contributed by atoms with Gasteiger partial charge in [-0.1, -0.05) is 30.3 Å². The minimum Gasteiger partial charge on any atom is -0.507 e. The second-order valence-electron chi connectivity index (χ2n) is 8.17. The molecule has 1 N–H and O–H groups in total. The van der Waals surface area contributed by atoms with Crippen LogP contribution in [0.25, 0.3) is 5.76 Å². The topological polar surface area (TPSA) is 70.1 Å². The van der Waals surface area contributed by atoms with Gasteiger partial charge in [0.2, 0.25) is 0 Å². The molecule has 0 aromatic heterocycles. The van der Waals surface area contributed by atoms with E-state index in [2.05, 4.69) is 0 Å². The highest BCUT2D eigenvalue weighted by Crippen LogP contribution is 2.42. The number of anilines is 2. The van der Waals surface area contributed by atoms with E-state index in [0.717, 1.165) is 16.8 Å². The number of hydrogen-bond donors (Lipinski definition) is 1. The Morgan fingerprint density at radius 3 is 2.21 bits per heavy atom. The zero-order valence-electron chi connectivity index (χ0n) is 19.1. The number of aryl methyl sites for hydroxylation is 1. The van der Waals surface area contributed by atoms with Crippen molar-refractivity contribution >= 4 is 28.8 Å². The molecule has 0 bridgehead atoms. The second-order valence-corrected chi connectivity index (χ2v) is 8.17. The van der Waals surface area contributed by atoms with Gasteiger partial charge in [0.15, 0.2) is 0 Å². The van der Waals surface area contributed by atoms with Gasteiger partial charge in [-0.15, -0.1) is 0 Å². The number of aliphatic hydroxyl groups excluding tert-OH is 1. The number of benzene rings is 3. The molecule has 1 unspecified atom stereocenters. The van der Waals surface area contributed by atoms with E-state index in [-0.39, 0.29) is 11.3 Å². The molecule has 0 aliphatic carbocycles. The number of nitrogens with zero attached hydrogens (tertiary/aromatic N) is 2. The minimum absolute atomic E-state index is 0.0646. The van der Waals surface area contributed by atoms with E-state index < -0.39 is 17.7 Å². The first-order valence-corrected chi connectivity index (χ1v) is 10.6. The Labute approximate surface area is 193 Å². The van der Waals surface area contributed by atoms with Gasteiger partial charge in [0.1, 0.15) is 11.5 Å². The molecule has 3 aromatic carbocycles. The van der Waals surface area contributed by atoms with E-state index in [9.17, 15) is 14.7 Å². The van der Waals surface area contributed by atoms with Crippen LogP contribution in [-0.2, 0) is 9.59 Å². The maximum atomic E-state index is 13.3. The van der Waals surface area contributed by atoms with Crippen LogP contribution in [0.4, 0.5) is 11.4 Å². The molecule has 3 aromatic rings. The highest BCUT2D eigenvalue weighted by Gasteiger charge is 2.47. The van der Waals surface area contributed by atoms with Gasteiger partial charge in [-0.05, 0) is 60.5 Å². The summed E-state index contributed by atoms with van der Waals surface area (Å²) in [5.74, 6) is -0.943. The van der Waals surface area contributed by atoms with Crippen molar-refractivity contribution < 1.29 is 19.4 Å². The third-order valence-electron chi connectivity index (χ3n) is 5.89. The van der Waals surface area contributed by atoms with E-state index in [4.69, 9.17) is 4.74 Å². The number of rotatable bonds is 5. The molecular formula is C27H26N2O4. The summed E-state index contributed by atoms with van der Waals surface area (Å²) in [6.07, 6.45) is 0. The van der Waals surface area contributed by atoms with Gasteiger partial charge in [0, 0.05) is 31.0 Å². The largest absolute Gasteiger partial charge is 0.507 e. The number of ketones is 1. The van der Waals surface area contributed by atoms with Crippen molar-refractivity contribution in [2.45, 2.75) is 13.0 Å². The Bertz CT molecular complexity index is 1230. The third kappa shape index (κ3) is 3.96. The Kier molecular flexibility index (Phi) is 5.92. The molecule has 1 heterocycles. The summed E-state index contributed by atoms with van der Waals surface area (Å²) in [5.41, 5.74) is 3.59. The number of ether oxygens (including phenoxy) is 1. The van der Waals surface area contributed by atoms with Crippen LogP contribution in [0.1, 0.15) is 22.7 Å². The number of Topliss-reactive ketones (excluding diaryl/α,β-unsaturated/α-hetero) is 1. The summed E-state index contributed by atoms with van der Waals surface area (Å²) < 4.78 is 5.26. The minimum atomic E-state index is -0.759. The van der Waals surface area contributed by atoms with Crippen molar-refractivity contribution in [3.05, 3.63) is 95.1 Å². The number of aliphatic hydroxyl groups is 1. The lowest BCUT2D eigenvalue weighted by Gasteiger charge is -2.26. The number of amides is 1. The van der Waals surface area contributed by atoms with Crippen LogP contribution in [0.3, 0.4) is 0 Å². The van der Waals surface area contributed by atoms with Gasteiger partial charge in [-0.2, -0.15) is 0 Å². The molecule has 1 amide bonds. The molecule has 6 nitrogen and oxygen atoms in total. The first-order chi connectivity index (χ1) is 15.8. The highest BCUT2D eigenvalue weighted by molar-refractivity contribution is 6.51. The molecule has 1 fully saturated rings. The fourth-order valence-corrected chi connectivity index (χ4v) is 4.13. The first-order valence-electron chi connectivity index (χ1n) is 10.6. The van der Waals surface area contributed by atoms with Crippen LogP contribution < -0.4 is 14.5 Å². The summed E-state index contributed by atoms with van der Waals surface area (Å²) in [7, 11) is 5.45. The van der Waals surface area contributed by atoms with Gasteiger partial charge in [0.05, 0.1) is 18.7 Å². The summed E-state index contributed by atoms with van der Waals surface area (Å²) in [6, 6.07) is 21.1. The smallest absolute Gasteiger partial charge is 0.300 e. The summed E-state index contributed by atoms with van der Waals surface area (Å²) in [5, 5.41) is 11.3. The molecule has 168 valence electrons. The van der Waals surface area contributed by atoms with E-state index in [1.807, 2.05) is 68.4 Å². The van der Waals surface area contributed by atoms with Crippen molar-refractivity contribution in [3.63, 3.8) is 0 Å². The molecule has 4 rings (SSSR count). The predicted molar refractivity (Wildman–Crippen MR) is 130 cm³/mol. The van der Waals surface area contributed by atoms with E-state index >= 15 is 0 Å². The molecule has 33 heavy (non-hydrogen) atoms. The monoisotopic (exact) mass is 442 g/mol.